The molecule has 0 saturated heterocycles. The summed E-state index contributed by atoms with van der Waals surface area (Å²) in [5, 5.41) is -0.372. The molecule has 2 unspecified atom stereocenters. The van der Waals surface area contributed by atoms with Crippen LogP contribution < -0.4 is 4.74 Å². The number of methoxy groups -OCH3 is 1. The number of rotatable bonds is 1. The lowest BCUT2D eigenvalue weighted by Gasteiger charge is -2.25. The van der Waals surface area contributed by atoms with Gasteiger partial charge in [0.1, 0.15) is 11.1 Å². The standard InChI is InChI=1S/C9H9Cl2NO2/c1-13-5-2-6-7(12-3-5)4-14-9(11)8(6)10/h2-3,8-9H,4H2,1H3. The molecule has 0 fully saturated rings. The van der Waals surface area contributed by atoms with Gasteiger partial charge in [0, 0.05) is 5.56 Å². The summed E-state index contributed by atoms with van der Waals surface area (Å²) in [5.41, 5.74) is 1.21. The molecule has 0 N–H and O–H groups in total. The van der Waals surface area contributed by atoms with Gasteiger partial charge in [0.2, 0.25) is 0 Å². The summed E-state index contributed by atoms with van der Waals surface area (Å²) in [6.07, 6.45) is 1.64. The third-order valence-electron chi connectivity index (χ3n) is 2.12. The fourth-order valence-electron chi connectivity index (χ4n) is 1.35. The van der Waals surface area contributed by atoms with Gasteiger partial charge >= 0.3 is 0 Å². The Balaban J connectivity index is 2.41. The molecule has 0 spiro atoms. The average Bonchev–Trinajstić information content (AvgIpc) is 2.23. The largest absolute Gasteiger partial charge is 0.495 e. The third kappa shape index (κ3) is 1.67. The Bertz CT molecular complexity index is 346. The van der Waals surface area contributed by atoms with Gasteiger partial charge in [-0.15, -0.1) is 11.6 Å². The highest BCUT2D eigenvalue weighted by Crippen LogP contribution is 2.36. The fraction of sp³-hybridized carbons (Fsp3) is 0.444. The minimum absolute atomic E-state index is 0.372. The zero-order valence-corrected chi connectivity index (χ0v) is 9.05. The molecule has 0 amide bonds. The van der Waals surface area contributed by atoms with Gasteiger partial charge in [0.25, 0.3) is 0 Å². The average molecular weight is 234 g/mol. The molecule has 0 saturated carbocycles. The second-order valence-corrected chi connectivity index (χ2v) is 3.88. The first-order valence-electron chi connectivity index (χ1n) is 4.15. The Morgan fingerprint density at radius 3 is 3.07 bits per heavy atom. The summed E-state index contributed by atoms with van der Waals surface area (Å²) in [6, 6.07) is 1.85. The van der Waals surface area contributed by atoms with E-state index in [0.717, 1.165) is 11.3 Å². The number of hydrogen-bond acceptors (Lipinski definition) is 3. The van der Waals surface area contributed by atoms with Crippen LogP contribution in [0.2, 0.25) is 0 Å². The highest BCUT2D eigenvalue weighted by Gasteiger charge is 2.28. The van der Waals surface area contributed by atoms with Crippen molar-refractivity contribution in [3.05, 3.63) is 23.5 Å². The Morgan fingerprint density at radius 2 is 2.36 bits per heavy atom. The maximum Gasteiger partial charge on any atom is 0.152 e. The number of nitrogens with zero attached hydrogens (tertiary/aromatic N) is 1. The molecule has 1 aliphatic heterocycles. The maximum absolute atomic E-state index is 6.07. The zero-order valence-electron chi connectivity index (χ0n) is 7.54. The monoisotopic (exact) mass is 233 g/mol. The summed E-state index contributed by atoms with van der Waals surface area (Å²) in [5.74, 6) is 0.681. The van der Waals surface area contributed by atoms with E-state index in [9.17, 15) is 0 Å². The van der Waals surface area contributed by atoms with Gasteiger partial charge in [0.05, 0.1) is 25.6 Å². The van der Waals surface area contributed by atoms with Gasteiger partial charge in [-0.05, 0) is 6.07 Å². The normalized spacial score (nSPS) is 25.6. The highest BCUT2D eigenvalue weighted by molar-refractivity contribution is 6.29. The van der Waals surface area contributed by atoms with Crippen LogP contribution in [0, 0.1) is 0 Å². The quantitative estimate of drug-likeness (QED) is 0.699. The molecule has 0 aromatic carbocycles. The van der Waals surface area contributed by atoms with Crippen molar-refractivity contribution in [2.75, 3.05) is 7.11 Å². The van der Waals surface area contributed by atoms with E-state index < -0.39 is 5.56 Å². The van der Waals surface area contributed by atoms with Crippen molar-refractivity contribution in [1.82, 2.24) is 4.98 Å². The first-order valence-corrected chi connectivity index (χ1v) is 5.02. The summed E-state index contributed by atoms with van der Waals surface area (Å²) < 4.78 is 10.3. The van der Waals surface area contributed by atoms with Crippen LogP contribution >= 0.6 is 23.2 Å². The molecule has 5 heteroatoms. The van der Waals surface area contributed by atoms with Crippen molar-refractivity contribution in [1.29, 1.82) is 0 Å². The van der Waals surface area contributed by atoms with Crippen LogP contribution in [0.5, 0.6) is 5.75 Å². The first-order chi connectivity index (χ1) is 6.72. The van der Waals surface area contributed by atoms with E-state index in [0.29, 0.717) is 12.4 Å². The van der Waals surface area contributed by atoms with Gasteiger partial charge in [-0.1, -0.05) is 11.6 Å². The van der Waals surface area contributed by atoms with Crippen molar-refractivity contribution in [2.45, 2.75) is 17.5 Å². The van der Waals surface area contributed by atoms with E-state index in [1.807, 2.05) is 6.07 Å². The lowest BCUT2D eigenvalue weighted by atomic mass is 10.1. The minimum atomic E-state index is -0.502. The molecule has 3 nitrogen and oxygen atoms in total. The number of aromatic nitrogens is 1. The Labute approximate surface area is 91.9 Å². The van der Waals surface area contributed by atoms with Crippen LogP contribution in [0.25, 0.3) is 0 Å². The topological polar surface area (TPSA) is 31.4 Å². The fourth-order valence-corrected chi connectivity index (χ4v) is 1.81. The third-order valence-corrected chi connectivity index (χ3v) is 3.09. The SMILES string of the molecule is COc1cnc2c(c1)C(Cl)C(Cl)OC2. The van der Waals surface area contributed by atoms with Gasteiger partial charge in [-0.2, -0.15) is 0 Å². The van der Waals surface area contributed by atoms with E-state index in [1.165, 1.54) is 0 Å². The molecule has 1 aromatic heterocycles. The maximum atomic E-state index is 6.07. The van der Waals surface area contributed by atoms with E-state index in [2.05, 4.69) is 4.98 Å². The zero-order chi connectivity index (χ0) is 10.1. The minimum Gasteiger partial charge on any atom is -0.495 e. The van der Waals surface area contributed by atoms with Crippen molar-refractivity contribution in [2.24, 2.45) is 0 Å². The van der Waals surface area contributed by atoms with Gasteiger partial charge < -0.3 is 9.47 Å². The molecule has 0 bridgehead atoms. The highest BCUT2D eigenvalue weighted by atomic mass is 35.5. The smallest absolute Gasteiger partial charge is 0.152 e. The van der Waals surface area contributed by atoms with E-state index >= 15 is 0 Å². The molecule has 14 heavy (non-hydrogen) atoms. The molecule has 2 rings (SSSR count). The molecule has 76 valence electrons. The molecule has 2 atom stereocenters. The van der Waals surface area contributed by atoms with Crippen molar-refractivity contribution in [3.8, 4) is 5.75 Å². The number of pyridine rings is 1. The molecular formula is C9H9Cl2NO2. The second kappa shape index (κ2) is 3.93. The van der Waals surface area contributed by atoms with Crippen molar-refractivity contribution < 1.29 is 9.47 Å². The number of hydrogen-bond donors (Lipinski definition) is 0. The molecule has 2 heterocycles. The van der Waals surface area contributed by atoms with Crippen LogP contribution in [-0.4, -0.2) is 17.7 Å². The molecule has 1 aromatic rings. The van der Waals surface area contributed by atoms with Crippen molar-refractivity contribution in [3.63, 3.8) is 0 Å². The lowest BCUT2D eigenvalue weighted by Crippen LogP contribution is -2.20. The summed E-state index contributed by atoms with van der Waals surface area (Å²) in [7, 11) is 1.59. The molecule has 0 aliphatic carbocycles. The Morgan fingerprint density at radius 1 is 1.57 bits per heavy atom. The Kier molecular flexibility index (Phi) is 2.81. The van der Waals surface area contributed by atoms with Crippen LogP contribution in [-0.2, 0) is 11.3 Å². The van der Waals surface area contributed by atoms with Crippen LogP contribution in [0.3, 0.4) is 0 Å². The summed E-state index contributed by atoms with van der Waals surface area (Å²) in [6.45, 7) is 0.400. The van der Waals surface area contributed by atoms with E-state index in [-0.39, 0.29) is 5.38 Å². The number of fused-ring (bicyclic) bond motifs is 1. The molecule has 0 radical (unpaired) electrons. The van der Waals surface area contributed by atoms with Crippen LogP contribution in [0.1, 0.15) is 16.6 Å². The predicted octanol–water partition coefficient (Wildman–Crippen LogP) is 2.47. The molecule has 1 aliphatic rings. The number of ether oxygens (including phenoxy) is 2. The lowest BCUT2D eigenvalue weighted by molar-refractivity contribution is 0.0745. The van der Waals surface area contributed by atoms with Gasteiger partial charge in [-0.25, -0.2) is 0 Å². The van der Waals surface area contributed by atoms with Gasteiger partial charge in [-0.3, -0.25) is 4.98 Å². The van der Waals surface area contributed by atoms with Crippen molar-refractivity contribution >= 4 is 23.2 Å². The van der Waals surface area contributed by atoms with Gasteiger partial charge in [0.15, 0.2) is 5.56 Å². The summed E-state index contributed by atoms with van der Waals surface area (Å²) in [4.78, 5) is 4.18. The Hall–Kier alpha value is -0.510. The van der Waals surface area contributed by atoms with Crippen LogP contribution in [0.4, 0.5) is 0 Å². The number of alkyl halides is 2. The predicted molar refractivity (Wildman–Crippen MR) is 53.8 cm³/mol. The summed E-state index contributed by atoms with van der Waals surface area (Å²) >= 11 is 11.9. The van der Waals surface area contributed by atoms with Crippen LogP contribution in [0.15, 0.2) is 12.3 Å². The number of halogens is 2. The van der Waals surface area contributed by atoms with E-state index in [4.69, 9.17) is 32.7 Å². The molecular weight excluding hydrogens is 225 g/mol. The second-order valence-electron chi connectivity index (χ2n) is 2.97. The first kappa shape index (κ1) is 10.0. The van der Waals surface area contributed by atoms with E-state index in [1.54, 1.807) is 13.3 Å².